The molecule has 0 amide bonds. The Labute approximate surface area is 147 Å². The molecule has 122 valence electrons. The van der Waals surface area contributed by atoms with Gasteiger partial charge in [0.2, 0.25) is 9.84 Å². The van der Waals surface area contributed by atoms with Gasteiger partial charge in [0.25, 0.3) is 0 Å². The molecule has 0 saturated carbocycles. The summed E-state index contributed by atoms with van der Waals surface area (Å²) in [5.41, 5.74) is -0.0215. The fraction of sp³-hybridized carbons (Fsp3) is 0. The monoisotopic (exact) mass is 380 g/mol. The highest BCUT2D eigenvalue weighted by molar-refractivity contribution is 7.94. The van der Waals surface area contributed by atoms with Crippen LogP contribution in [0.3, 0.4) is 0 Å². The molecular weight excluding hydrogens is 371 g/mol. The molecule has 1 aromatic heterocycles. The van der Waals surface area contributed by atoms with Crippen LogP contribution in [0.25, 0.3) is 17.0 Å². The zero-order chi connectivity index (χ0) is 17.3. The summed E-state index contributed by atoms with van der Waals surface area (Å²) < 4.78 is 29.9. The molecule has 3 rings (SSSR count). The molecule has 7 heteroatoms. The zero-order valence-electron chi connectivity index (χ0n) is 12.1. The maximum atomic E-state index is 12.4. The van der Waals surface area contributed by atoms with E-state index < -0.39 is 20.4 Å². The van der Waals surface area contributed by atoms with Crippen LogP contribution in [-0.4, -0.2) is 8.42 Å². The highest BCUT2D eigenvalue weighted by Gasteiger charge is 2.18. The summed E-state index contributed by atoms with van der Waals surface area (Å²) in [5, 5.41) is 2.35. The molecule has 3 aromatic rings. The maximum absolute atomic E-state index is 12.4. The average molecular weight is 381 g/mol. The summed E-state index contributed by atoms with van der Waals surface area (Å²) in [6.45, 7) is 0. The third-order valence-electron chi connectivity index (χ3n) is 3.28. The molecule has 0 aliphatic carbocycles. The molecule has 4 nitrogen and oxygen atoms in total. The molecule has 0 fully saturated rings. The van der Waals surface area contributed by atoms with Gasteiger partial charge in [-0.3, -0.25) is 0 Å². The van der Waals surface area contributed by atoms with Crippen molar-refractivity contribution in [2.75, 3.05) is 0 Å². The van der Waals surface area contributed by atoms with Gasteiger partial charge in [0.1, 0.15) is 5.58 Å². The van der Waals surface area contributed by atoms with Crippen molar-refractivity contribution in [1.82, 2.24) is 0 Å². The van der Waals surface area contributed by atoms with Gasteiger partial charge in [0, 0.05) is 20.8 Å². The Morgan fingerprint density at radius 2 is 1.58 bits per heavy atom. The van der Waals surface area contributed by atoms with E-state index in [1.165, 1.54) is 24.3 Å². The normalized spacial score (nSPS) is 12.1. The zero-order valence-corrected chi connectivity index (χ0v) is 14.4. The lowest BCUT2D eigenvalue weighted by Gasteiger charge is -2.01. The first kappa shape index (κ1) is 16.8. The molecule has 0 N–H and O–H groups in total. The number of hydrogen-bond acceptors (Lipinski definition) is 4. The summed E-state index contributed by atoms with van der Waals surface area (Å²) >= 11 is 11.7. The number of benzene rings is 2. The highest BCUT2D eigenvalue weighted by Crippen LogP contribution is 2.21. The van der Waals surface area contributed by atoms with E-state index in [2.05, 4.69) is 0 Å². The molecule has 0 atom stereocenters. The Morgan fingerprint density at radius 1 is 0.917 bits per heavy atom. The van der Waals surface area contributed by atoms with E-state index in [1.54, 1.807) is 30.3 Å². The largest absolute Gasteiger partial charge is 0.422 e. The molecule has 0 bridgehead atoms. The molecule has 0 aliphatic rings. The molecule has 0 aliphatic heterocycles. The van der Waals surface area contributed by atoms with Crippen molar-refractivity contribution in [3.63, 3.8) is 0 Å². The van der Waals surface area contributed by atoms with Gasteiger partial charge in [-0.15, -0.1) is 0 Å². The lowest BCUT2D eigenvalue weighted by atomic mass is 10.2. The van der Waals surface area contributed by atoms with Crippen molar-refractivity contribution in [3.8, 4) is 0 Å². The predicted octanol–water partition coefficient (Wildman–Crippen LogP) is 4.54. The van der Waals surface area contributed by atoms with Gasteiger partial charge in [-0.05, 0) is 48.0 Å². The van der Waals surface area contributed by atoms with Crippen LogP contribution in [0.1, 0.15) is 5.56 Å². The van der Waals surface area contributed by atoms with E-state index in [1.807, 2.05) is 0 Å². The van der Waals surface area contributed by atoms with Crippen molar-refractivity contribution in [1.29, 1.82) is 0 Å². The summed E-state index contributed by atoms with van der Waals surface area (Å²) in [7, 11) is -3.97. The van der Waals surface area contributed by atoms with E-state index >= 15 is 0 Å². The lowest BCUT2D eigenvalue weighted by molar-refractivity contribution is 0.534. The number of sulfone groups is 1. The molecule has 0 spiro atoms. The molecule has 0 radical (unpaired) electrons. The molecular formula is C17H10Cl2O4S. The maximum Gasteiger partial charge on any atom is 0.355 e. The van der Waals surface area contributed by atoms with E-state index in [0.717, 1.165) is 5.41 Å². The van der Waals surface area contributed by atoms with E-state index in [0.29, 0.717) is 21.0 Å². The Morgan fingerprint density at radius 3 is 2.29 bits per heavy atom. The first-order valence-electron chi connectivity index (χ1n) is 6.77. The third-order valence-corrected chi connectivity index (χ3v) is 5.16. The van der Waals surface area contributed by atoms with E-state index in [-0.39, 0.29) is 5.58 Å². The fourth-order valence-corrected chi connectivity index (χ4v) is 3.44. The first-order chi connectivity index (χ1) is 11.3. The molecule has 0 saturated heterocycles. The second-order valence-electron chi connectivity index (χ2n) is 4.98. The summed E-state index contributed by atoms with van der Waals surface area (Å²) in [6.07, 6.45) is 1.38. The molecule has 0 unspecified atom stereocenters. The minimum atomic E-state index is -3.97. The number of rotatable bonds is 3. The van der Waals surface area contributed by atoms with Gasteiger partial charge in [0.05, 0.1) is 0 Å². The van der Waals surface area contributed by atoms with Gasteiger partial charge in [0.15, 0.2) is 4.90 Å². The number of fused-ring (bicyclic) bond motifs is 1. The second kappa shape index (κ2) is 6.43. The van der Waals surface area contributed by atoms with Crippen LogP contribution in [-0.2, 0) is 9.84 Å². The predicted molar refractivity (Wildman–Crippen MR) is 95.2 cm³/mol. The number of hydrogen-bond donors (Lipinski definition) is 0. The summed E-state index contributed by atoms with van der Waals surface area (Å²) in [6, 6.07) is 12.5. The van der Waals surface area contributed by atoms with Gasteiger partial charge < -0.3 is 4.42 Å². The van der Waals surface area contributed by atoms with Crippen LogP contribution >= 0.6 is 23.2 Å². The van der Waals surface area contributed by atoms with Crippen LogP contribution in [0.4, 0.5) is 0 Å². The van der Waals surface area contributed by atoms with Crippen molar-refractivity contribution >= 4 is 50.1 Å². The smallest absolute Gasteiger partial charge is 0.355 e. The minimum Gasteiger partial charge on any atom is -0.422 e. The Kier molecular flexibility index (Phi) is 4.49. The third kappa shape index (κ3) is 3.53. The van der Waals surface area contributed by atoms with E-state index in [9.17, 15) is 13.2 Å². The molecule has 1 heterocycles. The van der Waals surface area contributed by atoms with Crippen LogP contribution in [0.2, 0.25) is 10.0 Å². The SMILES string of the molecule is O=c1oc2ccc(Cl)cc2cc1S(=O)(=O)C=Cc1ccc(Cl)cc1. The average Bonchev–Trinajstić information content (AvgIpc) is 2.54. The topological polar surface area (TPSA) is 64.3 Å². The van der Waals surface area contributed by atoms with Gasteiger partial charge in [-0.1, -0.05) is 35.3 Å². The Bertz CT molecular complexity index is 1100. The standard InChI is InChI=1S/C17H10Cl2O4S/c18-13-3-1-11(2-4-13)7-8-24(21,22)16-10-12-9-14(19)5-6-15(12)23-17(16)20/h1-10H. The minimum absolute atomic E-state index is 0.269. The van der Waals surface area contributed by atoms with Crippen molar-refractivity contribution in [3.05, 3.63) is 80.0 Å². The summed E-state index contributed by atoms with van der Waals surface area (Å²) in [5.74, 6) is 0. The van der Waals surface area contributed by atoms with Crippen molar-refractivity contribution < 1.29 is 12.8 Å². The molecule has 24 heavy (non-hydrogen) atoms. The fourth-order valence-electron chi connectivity index (χ4n) is 2.09. The van der Waals surface area contributed by atoms with Gasteiger partial charge >= 0.3 is 5.63 Å². The van der Waals surface area contributed by atoms with Gasteiger partial charge in [-0.25, -0.2) is 13.2 Å². The van der Waals surface area contributed by atoms with Crippen LogP contribution in [0.5, 0.6) is 0 Å². The lowest BCUT2D eigenvalue weighted by Crippen LogP contribution is -2.11. The Balaban J connectivity index is 2.06. The van der Waals surface area contributed by atoms with Crippen molar-refractivity contribution in [2.24, 2.45) is 0 Å². The van der Waals surface area contributed by atoms with Crippen LogP contribution < -0.4 is 5.63 Å². The number of halogens is 2. The quantitative estimate of drug-likeness (QED) is 0.625. The van der Waals surface area contributed by atoms with Crippen LogP contribution in [0, 0.1) is 0 Å². The summed E-state index contributed by atoms with van der Waals surface area (Å²) in [4.78, 5) is 11.5. The Hall–Kier alpha value is -2.08. The van der Waals surface area contributed by atoms with Crippen LogP contribution in [0.15, 0.2) is 68.0 Å². The highest BCUT2D eigenvalue weighted by atomic mass is 35.5. The molecule has 2 aromatic carbocycles. The first-order valence-corrected chi connectivity index (χ1v) is 9.07. The van der Waals surface area contributed by atoms with Crippen molar-refractivity contribution in [2.45, 2.75) is 4.90 Å². The second-order valence-corrected chi connectivity index (χ2v) is 7.65. The van der Waals surface area contributed by atoms with Gasteiger partial charge in [-0.2, -0.15) is 0 Å². The van der Waals surface area contributed by atoms with E-state index in [4.69, 9.17) is 27.6 Å².